The van der Waals surface area contributed by atoms with Crippen molar-refractivity contribution in [1.29, 1.82) is 0 Å². The van der Waals surface area contributed by atoms with E-state index in [9.17, 15) is 8.42 Å². The topological polar surface area (TPSA) is 37.4 Å². The van der Waals surface area contributed by atoms with Crippen molar-refractivity contribution in [3.63, 3.8) is 0 Å². The molecule has 0 N–H and O–H groups in total. The van der Waals surface area contributed by atoms with Gasteiger partial charge in [0.1, 0.15) is 0 Å². The Morgan fingerprint density at radius 2 is 1.83 bits per heavy atom. The number of para-hydroxylation sites is 1. The average Bonchev–Trinajstić information content (AvgIpc) is 2.07. The smallest absolute Gasteiger partial charge is 0.225 e. The minimum Gasteiger partial charge on any atom is -0.273 e. The summed E-state index contributed by atoms with van der Waals surface area (Å²) in [5.74, 6) is 0. The van der Waals surface area contributed by atoms with Gasteiger partial charge in [-0.3, -0.25) is 4.31 Å². The van der Waals surface area contributed by atoms with Crippen molar-refractivity contribution in [2.45, 2.75) is 6.92 Å². The van der Waals surface area contributed by atoms with Crippen molar-refractivity contribution in [2.75, 3.05) is 10.8 Å². The summed E-state index contributed by atoms with van der Waals surface area (Å²) in [6.07, 6.45) is 0. The van der Waals surface area contributed by atoms with Gasteiger partial charge in [0.2, 0.25) is 10.9 Å². The third-order valence-corrected chi connectivity index (χ3v) is 2.46. The van der Waals surface area contributed by atoms with E-state index in [1.807, 2.05) is 18.2 Å². The standard InChI is InChI=1S/C8H11NO2S/c1-2-9(12(10)11)8-6-4-3-5-7-8/h3-7,12H,2H2,1H3. The molecule has 0 aromatic heterocycles. The Labute approximate surface area is 73.7 Å². The van der Waals surface area contributed by atoms with Crippen molar-refractivity contribution in [1.82, 2.24) is 0 Å². The fourth-order valence-electron chi connectivity index (χ4n) is 0.992. The summed E-state index contributed by atoms with van der Waals surface area (Å²) < 4.78 is 22.7. The number of anilines is 1. The molecule has 0 fully saturated rings. The SMILES string of the molecule is CCN(c1ccccc1)[SH](=O)=O. The van der Waals surface area contributed by atoms with Crippen LogP contribution < -0.4 is 4.31 Å². The Morgan fingerprint density at radius 1 is 1.25 bits per heavy atom. The van der Waals surface area contributed by atoms with Crippen LogP contribution in [0.15, 0.2) is 30.3 Å². The fraction of sp³-hybridized carbons (Fsp3) is 0.250. The fourth-order valence-corrected chi connectivity index (χ4v) is 1.55. The predicted molar refractivity (Wildman–Crippen MR) is 49.8 cm³/mol. The highest BCUT2D eigenvalue weighted by molar-refractivity contribution is 7.74. The zero-order valence-corrected chi connectivity index (χ0v) is 7.70. The van der Waals surface area contributed by atoms with Crippen molar-refractivity contribution in [2.24, 2.45) is 0 Å². The second-order valence-corrected chi connectivity index (χ2v) is 3.25. The van der Waals surface area contributed by atoms with Gasteiger partial charge >= 0.3 is 0 Å². The van der Waals surface area contributed by atoms with Crippen LogP contribution in [-0.2, 0) is 10.9 Å². The van der Waals surface area contributed by atoms with Crippen molar-refractivity contribution < 1.29 is 8.42 Å². The van der Waals surface area contributed by atoms with Crippen LogP contribution in [0, 0.1) is 0 Å². The third kappa shape index (κ3) is 1.98. The summed E-state index contributed by atoms with van der Waals surface area (Å²) in [4.78, 5) is 0. The molecule has 66 valence electrons. The molecule has 4 heteroatoms. The Balaban J connectivity index is 2.95. The maximum absolute atomic E-state index is 10.7. The summed E-state index contributed by atoms with van der Waals surface area (Å²) in [6.45, 7) is 2.28. The van der Waals surface area contributed by atoms with Crippen LogP contribution in [-0.4, -0.2) is 15.0 Å². The normalized spacial score (nSPS) is 10.2. The van der Waals surface area contributed by atoms with E-state index >= 15 is 0 Å². The van der Waals surface area contributed by atoms with E-state index in [0.717, 1.165) is 5.69 Å². The first-order valence-electron chi connectivity index (χ1n) is 3.72. The van der Waals surface area contributed by atoms with E-state index in [-0.39, 0.29) is 0 Å². The summed E-state index contributed by atoms with van der Waals surface area (Å²) in [7, 11) is -2.51. The number of thiol groups is 1. The van der Waals surface area contributed by atoms with Gasteiger partial charge in [0, 0.05) is 6.54 Å². The van der Waals surface area contributed by atoms with Gasteiger partial charge in [0.05, 0.1) is 5.69 Å². The molecule has 1 rings (SSSR count). The van der Waals surface area contributed by atoms with Crippen molar-refractivity contribution in [3.8, 4) is 0 Å². The van der Waals surface area contributed by atoms with E-state index in [1.54, 1.807) is 19.1 Å². The largest absolute Gasteiger partial charge is 0.273 e. The molecule has 0 saturated carbocycles. The van der Waals surface area contributed by atoms with E-state index < -0.39 is 10.9 Å². The second-order valence-electron chi connectivity index (χ2n) is 2.29. The van der Waals surface area contributed by atoms with Gasteiger partial charge in [-0.1, -0.05) is 18.2 Å². The minimum atomic E-state index is -2.51. The molecule has 1 aromatic carbocycles. The summed E-state index contributed by atoms with van der Waals surface area (Å²) >= 11 is 0. The van der Waals surface area contributed by atoms with Crippen LogP contribution >= 0.6 is 0 Å². The molecule has 0 heterocycles. The highest BCUT2D eigenvalue weighted by atomic mass is 32.2. The zero-order valence-electron chi connectivity index (χ0n) is 6.80. The summed E-state index contributed by atoms with van der Waals surface area (Å²) in [6, 6.07) is 9.03. The van der Waals surface area contributed by atoms with Gasteiger partial charge in [-0.15, -0.1) is 0 Å². The van der Waals surface area contributed by atoms with Gasteiger partial charge in [-0.2, -0.15) is 0 Å². The lowest BCUT2D eigenvalue weighted by Crippen LogP contribution is -2.19. The molecule has 0 aliphatic rings. The van der Waals surface area contributed by atoms with Crippen LogP contribution in [0.2, 0.25) is 0 Å². The molecule has 0 spiro atoms. The van der Waals surface area contributed by atoms with Gasteiger partial charge < -0.3 is 0 Å². The van der Waals surface area contributed by atoms with Crippen LogP contribution in [0.1, 0.15) is 6.92 Å². The molecule has 0 bridgehead atoms. The number of rotatable bonds is 3. The molecule has 0 aliphatic heterocycles. The van der Waals surface area contributed by atoms with Crippen LogP contribution in [0.4, 0.5) is 5.69 Å². The number of hydrogen-bond acceptors (Lipinski definition) is 2. The Kier molecular flexibility index (Phi) is 3.10. The minimum absolute atomic E-state index is 0.475. The monoisotopic (exact) mass is 185 g/mol. The van der Waals surface area contributed by atoms with Gasteiger partial charge in [0.25, 0.3) is 0 Å². The Bertz CT molecular complexity index is 300. The molecule has 0 atom stereocenters. The summed E-state index contributed by atoms with van der Waals surface area (Å²) in [5.41, 5.74) is 0.719. The van der Waals surface area contributed by atoms with Crippen LogP contribution in [0.25, 0.3) is 0 Å². The first-order valence-corrected chi connectivity index (χ1v) is 4.85. The first-order chi connectivity index (χ1) is 5.75. The molecule has 0 radical (unpaired) electrons. The van der Waals surface area contributed by atoms with Crippen LogP contribution in [0.5, 0.6) is 0 Å². The number of benzene rings is 1. The van der Waals surface area contributed by atoms with E-state index in [2.05, 4.69) is 0 Å². The van der Waals surface area contributed by atoms with Gasteiger partial charge in [0.15, 0.2) is 0 Å². The molecule has 1 aromatic rings. The van der Waals surface area contributed by atoms with E-state index in [1.165, 1.54) is 4.31 Å². The average molecular weight is 185 g/mol. The third-order valence-electron chi connectivity index (χ3n) is 1.55. The maximum Gasteiger partial charge on any atom is 0.225 e. The van der Waals surface area contributed by atoms with E-state index in [4.69, 9.17) is 0 Å². The molecular formula is C8H11NO2S. The zero-order chi connectivity index (χ0) is 8.97. The van der Waals surface area contributed by atoms with Crippen molar-refractivity contribution in [3.05, 3.63) is 30.3 Å². The number of nitrogens with zero attached hydrogens (tertiary/aromatic N) is 1. The van der Waals surface area contributed by atoms with Crippen LogP contribution in [0.3, 0.4) is 0 Å². The van der Waals surface area contributed by atoms with Gasteiger partial charge in [-0.25, -0.2) is 8.42 Å². The second kappa shape index (κ2) is 4.11. The highest BCUT2D eigenvalue weighted by Crippen LogP contribution is 2.11. The summed E-state index contributed by atoms with van der Waals surface area (Å²) in [5, 5.41) is 0. The lowest BCUT2D eigenvalue weighted by molar-refractivity contribution is 0.611. The lowest BCUT2D eigenvalue weighted by Gasteiger charge is -2.14. The lowest BCUT2D eigenvalue weighted by atomic mass is 10.3. The molecule has 3 nitrogen and oxygen atoms in total. The predicted octanol–water partition coefficient (Wildman–Crippen LogP) is 1.04. The Morgan fingerprint density at radius 3 is 2.25 bits per heavy atom. The molecule has 0 unspecified atom stereocenters. The van der Waals surface area contributed by atoms with E-state index in [0.29, 0.717) is 6.54 Å². The number of hydrogen-bond donors (Lipinski definition) is 1. The Hall–Kier alpha value is -1.03. The highest BCUT2D eigenvalue weighted by Gasteiger charge is 2.03. The molecule has 0 saturated heterocycles. The molecule has 0 aliphatic carbocycles. The quantitative estimate of drug-likeness (QED) is 0.714. The first kappa shape index (κ1) is 9.06. The van der Waals surface area contributed by atoms with Crippen molar-refractivity contribution >= 4 is 16.6 Å². The molecular weight excluding hydrogens is 174 g/mol. The molecule has 12 heavy (non-hydrogen) atoms. The molecule has 0 amide bonds. The van der Waals surface area contributed by atoms with Gasteiger partial charge in [-0.05, 0) is 19.1 Å². The maximum atomic E-state index is 10.7.